The van der Waals surface area contributed by atoms with Crippen LogP contribution in [-0.4, -0.2) is 22.0 Å². The molecule has 0 radical (unpaired) electrons. The molecule has 1 unspecified atom stereocenters. The summed E-state index contributed by atoms with van der Waals surface area (Å²) in [5.41, 5.74) is 0.0645. The largest absolute Gasteiger partial charge is 0.478 e. The maximum absolute atomic E-state index is 11.0. The van der Waals surface area contributed by atoms with Crippen LogP contribution in [0.1, 0.15) is 44.0 Å². The molecule has 0 heterocycles. The Hall–Kier alpha value is -2.11. The Morgan fingerprint density at radius 3 is 2.50 bits per heavy atom. The van der Waals surface area contributed by atoms with Crippen molar-refractivity contribution in [1.29, 1.82) is 0 Å². The van der Waals surface area contributed by atoms with E-state index in [1.807, 2.05) is 6.92 Å². The van der Waals surface area contributed by atoms with Gasteiger partial charge in [0.2, 0.25) is 0 Å². The highest BCUT2D eigenvalue weighted by atomic mass is 16.6. The van der Waals surface area contributed by atoms with E-state index in [-0.39, 0.29) is 17.3 Å². The second kappa shape index (κ2) is 6.88. The highest BCUT2D eigenvalue weighted by Gasteiger charge is 2.18. The highest BCUT2D eigenvalue weighted by Crippen LogP contribution is 2.27. The minimum Gasteiger partial charge on any atom is -0.478 e. The van der Waals surface area contributed by atoms with Crippen LogP contribution in [-0.2, 0) is 0 Å². The van der Waals surface area contributed by atoms with Gasteiger partial charge in [-0.15, -0.1) is 0 Å². The fourth-order valence-electron chi connectivity index (χ4n) is 1.86. The molecule has 0 spiro atoms. The number of carboxylic acid groups (broad SMARTS) is 1. The Morgan fingerprint density at radius 1 is 1.35 bits per heavy atom. The van der Waals surface area contributed by atoms with Crippen LogP contribution in [0.2, 0.25) is 0 Å². The summed E-state index contributed by atoms with van der Waals surface area (Å²) >= 11 is 0. The third kappa shape index (κ3) is 4.53. The second-order valence-corrected chi connectivity index (χ2v) is 5.31. The van der Waals surface area contributed by atoms with Crippen LogP contribution in [0.4, 0.5) is 11.4 Å². The molecule has 0 amide bonds. The number of carboxylic acids is 1. The van der Waals surface area contributed by atoms with Gasteiger partial charge in [0.05, 0.1) is 10.5 Å². The van der Waals surface area contributed by atoms with Gasteiger partial charge in [0.15, 0.2) is 0 Å². The van der Waals surface area contributed by atoms with Crippen LogP contribution < -0.4 is 5.32 Å². The SMILES string of the molecule is CC(C)CCC(C)Nc1ccc(C(=O)O)cc1[N+](=O)[O-]. The number of anilines is 1. The molecule has 0 aliphatic carbocycles. The van der Waals surface area contributed by atoms with E-state index >= 15 is 0 Å². The minimum absolute atomic E-state index is 0.0860. The molecule has 1 atom stereocenters. The van der Waals surface area contributed by atoms with Crippen LogP contribution >= 0.6 is 0 Å². The molecular weight excluding hydrogens is 260 g/mol. The van der Waals surface area contributed by atoms with Crippen molar-refractivity contribution >= 4 is 17.3 Å². The van der Waals surface area contributed by atoms with Gasteiger partial charge in [-0.1, -0.05) is 13.8 Å². The fourth-order valence-corrected chi connectivity index (χ4v) is 1.86. The van der Waals surface area contributed by atoms with Gasteiger partial charge in [-0.3, -0.25) is 10.1 Å². The van der Waals surface area contributed by atoms with Gasteiger partial charge in [-0.05, 0) is 37.8 Å². The van der Waals surface area contributed by atoms with E-state index in [0.717, 1.165) is 18.9 Å². The number of nitro benzene ring substituents is 1. The van der Waals surface area contributed by atoms with Gasteiger partial charge in [0.25, 0.3) is 5.69 Å². The Balaban J connectivity index is 2.89. The standard InChI is InChI=1S/C14H20N2O4/c1-9(2)4-5-10(3)15-12-7-6-11(14(17)18)8-13(12)16(19)20/h6-10,15H,4-5H2,1-3H3,(H,17,18). The summed E-state index contributed by atoms with van der Waals surface area (Å²) in [7, 11) is 0. The van der Waals surface area contributed by atoms with Gasteiger partial charge in [-0.2, -0.15) is 0 Å². The van der Waals surface area contributed by atoms with E-state index in [1.165, 1.54) is 12.1 Å². The molecule has 1 aromatic carbocycles. The Kier molecular flexibility index (Phi) is 5.49. The maximum Gasteiger partial charge on any atom is 0.335 e. The molecule has 0 bridgehead atoms. The first-order chi connectivity index (χ1) is 9.31. The summed E-state index contributed by atoms with van der Waals surface area (Å²) in [6.07, 6.45) is 1.92. The minimum atomic E-state index is -1.17. The predicted molar refractivity (Wildman–Crippen MR) is 77.2 cm³/mol. The molecule has 2 N–H and O–H groups in total. The van der Waals surface area contributed by atoms with Crippen molar-refractivity contribution in [1.82, 2.24) is 0 Å². The molecule has 110 valence electrons. The number of nitrogens with one attached hydrogen (secondary N) is 1. The zero-order chi connectivity index (χ0) is 15.3. The molecule has 0 saturated carbocycles. The number of hydrogen-bond acceptors (Lipinski definition) is 4. The molecule has 0 aliphatic rings. The first kappa shape index (κ1) is 15.9. The Labute approximate surface area is 118 Å². The monoisotopic (exact) mass is 280 g/mol. The lowest BCUT2D eigenvalue weighted by atomic mass is 10.0. The maximum atomic E-state index is 11.0. The third-order valence-electron chi connectivity index (χ3n) is 3.02. The molecule has 20 heavy (non-hydrogen) atoms. The summed E-state index contributed by atoms with van der Waals surface area (Å²) in [5.74, 6) is -0.601. The van der Waals surface area contributed by atoms with Gasteiger partial charge in [-0.25, -0.2) is 4.79 Å². The number of nitrogens with zero attached hydrogens (tertiary/aromatic N) is 1. The van der Waals surface area contributed by atoms with E-state index in [9.17, 15) is 14.9 Å². The Morgan fingerprint density at radius 2 is 2.00 bits per heavy atom. The number of nitro groups is 1. The molecule has 6 heteroatoms. The summed E-state index contributed by atoms with van der Waals surface area (Å²) in [6, 6.07) is 3.99. The van der Waals surface area contributed by atoms with E-state index in [4.69, 9.17) is 5.11 Å². The van der Waals surface area contributed by atoms with Crippen molar-refractivity contribution in [2.45, 2.75) is 39.7 Å². The average Bonchev–Trinajstić information content (AvgIpc) is 2.36. The molecular formula is C14H20N2O4. The van der Waals surface area contributed by atoms with Gasteiger partial charge in [0.1, 0.15) is 5.69 Å². The lowest BCUT2D eigenvalue weighted by Gasteiger charge is -2.16. The van der Waals surface area contributed by atoms with E-state index < -0.39 is 10.9 Å². The molecule has 1 rings (SSSR count). The van der Waals surface area contributed by atoms with Crippen LogP contribution in [0.5, 0.6) is 0 Å². The summed E-state index contributed by atoms with van der Waals surface area (Å²) in [4.78, 5) is 21.3. The van der Waals surface area contributed by atoms with Crippen LogP contribution in [0, 0.1) is 16.0 Å². The quantitative estimate of drug-likeness (QED) is 0.588. The first-order valence-corrected chi connectivity index (χ1v) is 6.59. The molecule has 0 aromatic heterocycles. The number of benzene rings is 1. The molecule has 0 aliphatic heterocycles. The summed E-state index contributed by atoms with van der Waals surface area (Å²) in [5, 5.41) is 23.0. The third-order valence-corrected chi connectivity index (χ3v) is 3.02. The van der Waals surface area contributed by atoms with Crippen LogP contribution in [0.25, 0.3) is 0 Å². The number of hydrogen-bond donors (Lipinski definition) is 2. The van der Waals surface area contributed by atoms with Crippen molar-refractivity contribution in [2.24, 2.45) is 5.92 Å². The van der Waals surface area contributed by atoms with E-state index in [2.05, 4.69) is 19.2 Å². The topological polar surface area (TPSA) is 92.5 Å². The summed E-state index contributed by atoms with van der Waals surface area (Å²) < 4.78 is 0. The lowest BCUT2D eigenvalue weighted by molar-refractivity contribution is -0.384. The number of rotatable bonds is 7. The van der Waals surface area contributed by atoms with Gasteiger partial charge in [0, 0.05) is 12.1 Å². The normalized spacial score (nSPS) is 12.2. The van der Waals surface area contributed by atoms with Crippen molar-refractivity contribution in [3.05, 3.63) is 33.9 Å². The molecule has 6 nitrogen and oxygen atoms in total. The zero-order valence-electron chi connectivity index (χ0n) is 11.9. The van der Waals surface area contributed by atoms with E-state index in [1.54, 1.807) is 0 Å². The van der Waals surface area contributed by atoms with Crippen molar-refractivity contribution in [3.8, 4) is 0 Å². The number of carbonyl (C=O) groups is 1. The van der Waals surface area contributed by atoms with Crippen LogP contribution in [0.15, 0.2) is 18.2 Å². The van der Waals surface area contributed by atoms with Crippen molar-refractivity contribution in [3.63, 3.8) is 0 Å². The first-order valence-electron chi connectivity index (χ1n) is 6.59. The summed E-state index contributed by atoms with van der Waals surface area (Å²) in [6.45, 7) is 6.20. The fraction of sp³-hybridized carbons (Fsp3) is 0.500. The molecule has 1 aromatic rings. The number of aromatic carboxylic acids is 1. The average molecular weight is 280 g/mol. The molecule has 0 saturated heterocycles. The predicted octanol–water partition coefficient (Wildman–Crippen LogP) is 3.53. The van der Waals surface area contributed by atoms with Crippen molar-refractivity contribution < 1.29 is 14.8 Å². The van der Waals surface area contributed by atoms with Crippen molar-refractivity contribution in [2.75, 3.05) is 5.32 Å². The lowest BCUT2D eigenvalue weighted by Crippen LogP contribution is -2.17. The van der Waals surface area contributed by atoms with Crippen LogP contribution in [0.3, 0.4) is 0 Å². The zero-order valence-corrected chi connectivity index (χ0v) is 11.9. The Bertz CT molecular complexity index is 500. The highest BCUT2D eigenvalue weighted by molar-refractivity contribution is 5.89. The van der Waals surface area contributed by atoms with E-state index in [0.29, 0.717) is 11.6 Å². The second-order valence-electron chi connectivity index (χ2n) is 5.31. The smallest absolute Gasteiger partial charge is 0.335 e. The van der Waals surface area contributed by atoms with Gasteiger partial charge >= 0.3 is 5.97 Å². The molecule has 0 fully saturated rings. The van der Waals surface area contributed by atoms with Gasteiger partial charge < -0.3 is 10.4 Å².